The second-order valence-corrected chi connectivity index (χ2v) is 6.97. The lowest BCUT2D eigenvalue weighted by atomic mass is 9.89. The fraction of sp³-hybridized carbons (Fsp3) is 0.474. The van der Waals surface area contributed by atoms with E-state index in [1.165, 1.54) is 5.56 Å². The van der Waals surface area contributed by atoms with Crippen LogP contribution in [0.1, 0.15) is 11.6 Å². The molecule has 2 aromatic rings. The van der Waals surface area contributed by atoms with Gasteiger partial charge in [-0.3, -0.25) is 4.90 Å². The van der Waals surface area contributed by atoms with Crippen molar-refractivity contribution >= 4 is 36.4 Å². The van der Waals surface area contributed by atoms with Crippen LogP contribution in [-0.4, -0.2) is 55.7 Å². The van der Waals surface area contributed by atoms with Gasteiger partial charge in [0.05, 0.1) is 7.11 Å². The molecule has 0 amide bonds. The van der Waals surface area contributed by atoms with Crippen molar-refractivity contribution in [3.8, 4) is 5.75 Å². The maximum atomic E-state index is 5.30. The molecule has 8 heteroatoms. The molecule has 6 nitrogen and oxygen atoms in total. The first kappa shape index (κ1) is 21.5. The molecule has 27 heavy (non-hydrogen) atoms. The number of likely N-dealkylation sites (tertiary alicyclic amines) is 1. The molecule has 2 saturated heterocycles. The third-order valence-electron chi connectivity index (χ3n) is 5.57. The number of ether oxygens (including phenoxy) is 1. The molecule has 3 atom stereocenters. The van der Waals surface area contributed by atoms with Crippen molar-refractivity contribution < 1.29 is 4.74 Å². The minimum Gasteiger partial charge on any atom is -0.497 e. The number of aromatic nitrogens is 2. The van der Waals surface area contributed by atoms with E-state index in [1.807, 2.05) is 7.05 Å². The van der Waals surface area contributed by atoms with Gasteiger partial charge >= 0.3 is 0 Å². The molecule has 1 aromatic heterocycles. The van der Waals surface area contributed by atoms with Crippen LogP contribution in [0.4, 0.5) is 11.6 Å². The van der Waals surface area contributed by atoms with Crippen LogP contribution in [0, 0.1) is 11.8 Å². The summed E-state index contributed by atoms with van der Waals surface area (Å²) in [4.78, 5) is 13.9. The number of benzene rings is 1. The predicted octanol–water partition coefficient (Wildman–Crippen LogP) is 3.11. The Kier molecular flexibility index (Phi) is 7.14. The third kappa shape index (κ3) is 3.93. The molecule has 3 heterocycles. The van der Waals surface area contributed by atoms with E-state index in [1.54, 1.807) is 19.5 Å². The van der Waals surface area contributed by atoms with E-state index in [0.29, 0.717) is 17.9 Å². The van der Waals surface area contributed by atoms with E-state index >= 15 is 0 Å². The van der Waals surface area contributed by atoms with E-state index in [2.05, 4.69) is 56.4 Å². The van der Waals surface area contributed by atoms with Gasteiger partial charge in [0.25, 0.3) is 0 Å². The molecule has 2 fully saturated rings. The molecule has 2 aliphatic rings. The summed E-state index contributed by atoms with van der Waals surface area (Å²) in [5, 5.41) is 3.16. The first-order chi connectivity index (χ1) is 12.2. The van der Waals surface area contributed by atoms with Gasteiger partial charge in [0, 0.05) is 51.0 Å². The fourth-order valence-corrected chi connectivity index (χ4v) is 4.47. The first-order valence-corrected chi connectivity index (χ1v) is 8.79. The van der Waals surface area contributed by atoms with Gasteiger partial charge in [-0.25, -0.2) is 9.97 Å². The van der Waals surface area contributed by atoms with Crippen LogP contribution >= 0.6 is 24.8 Å². The fourth-order valence-electron chi connectivity index (χ4n) is 4.47. The number of nitrogens with zero attached hydrogens (tertiary/aromatic N) is 4. The van der Waals surface area contributed by atoms with Crippen molar-refractivity contribution in [1.82, 2.24) is 14.9 Å². The molecule has 0 spiro atoms. The Morgan fingerprint density at radius 1 is 1.04 bits per heavy atom. The molecule has 1 aromatic carbocycles. The highest BCUT2D eigenvalue weighted by Gasteiger charge is 2.46. The Morgan fingerprint density at radius 3 is 2.41 bits per heavy atom. The number of fused-ring (bicyclic) bond motifs is 1. The molecule has 0 unspecified atom stereocenters. The van der Waals surface area contributed by atoms with Crippen molar-refractivity contribution in [1.29, 1.82) is 0 Å². The smallest absolute Gasteiger partial charge is 0.171 e. The van der Waals surface area contributed by atoms with Crippen LogP contribution in [-0.2, 0) is 0 Å². The number of rotatable bonds is 4. The van der Waals surface area contributed by atoms with Gasteiger partial charge in [0.1, 0.15) is 5.75 Å². The number of hydrogen-bond donors (Lipinski definition) is 1. The zero-order chi connectivity index (χ0) is 17.4. The number of nitrogens with one attached hydrogen (secondary N) is 1. The SMILES string of the molecule is CNc1nccnc1N1C[C@@H]2CN(C)[C@@H](c3ccc(OC)cc3)[C@@H]2C1.Cl.Cl. The number of halogens is 2. The summed E-state index contributed by atoms with van der Waals surface area (Å²) < 4.78 is 5.30. The quantitative estimate of drug-likeness (QED) is 0.833. The molecule has 0 saturated carbocycles. The molecule has 0 radical (unpaired) electrons. The number of hydrogen-bond acceptors (Lipinski definition) is 6. The molecule has 0 bridgehead atoms. The summed E-state index contributed by atoms with van der Waals surface area (Å²) >= 11 is 0. The van der Waals surface area contributed by atoms with Gasteiger partial charge in [-0.2, -0.15) is 0 Å². The molecule has 0 aliphatic carbocycles. The van der Waals surface area contributed by atoms with Crippen molar-refractivity contribution in [3.63, 3.8) is 0 Å². The topological polar surface area (TPSA) is 53.5 Å². The van der Waals surface area contributed by atoms with E-state index in [-0.39, 0.29) is 24.8 Å². The highest BCUT2D eigenvalue weighted by atomic mass is 35.5. The van der Waals surface area contributed by atoms with Gasteiger partial charge in [0.2, 0.25) is 0 Å². The summed E-state index contributed by atoms with van der Waals surface area (Å²) in [5.41, 5.74) is 1.37. The van der Waals surface area contributed by atoms with Crippen molar-refractivity contribution in [2.75, 3.05) is 51.1 Å². The standard InChI is InChI=1S/C19H25N5O.2ClH/c1-20-18-19(22-9-8-21-18)24-11-14-10-23(2)17(16(14)12-24)13-4-6-15(25-3)7-5-13;;/h4-9,14,16-17H,10-12H2,1-3H3,(H,20,21);2*1H/t14-,16+,17-;;/m0../s1. The van der Waals surface area contributed by atoms with Crippen molar-refractivity contribution in [3.05, 3.63) is 42.2 Å². The zero-order valence-electron chi connectivity index (χ0n) is 15.8. The molecular formula is C19H27Cl2N5O. The van der Waals surface area contributed by atoms with Crippen molar-refractivity contribution in [2.24, 2.45) is 11.8 Å². The zero-order valence-corrected chi connectivity index (χ0v) is 17.5. The Bertz CT molecular complexity index is 745. The van der Waals surface area contributed by atoms with E-state index in [4.69, 9.17) is 4.74 Å². The highest BCUT2D eigenvalue weighted by molar-refractivity contribution is 5.85. The van der Waals surface area contributed by atoms with Gasteiger partial charge in [-0.1, -0.05) is 12.1 Å². The van der Waals surface area contributed by atoms with Gasteiger partial charge in [-0.15, -0.1) is 24.8 Å². The second kappa shape index (κ2) is 8.95. The van der Waals surface area contributed by atoms with E-state index in [0.717, 1.165) is 37.0 Å². The molecule has 4 rings (SSSR count). The van der Waals surface area contributed by atoms with Crippen LogP contribution in [0.25, 0.3) is 0 Å². The lowest BCUT2D eigenvalue weighted by molar-refractivity contribution is 0.279. The monoisotopic (exact) mass is 411 g/mol. The Hall–Kier alpha value is -1.76. The van der Waals surface area contributed by atoms with E-state index in [9.17, 15) is 0 Å². The van der Waals surface area contributed by atoms with Crippen LogP contribution in [0.3, 0.4) is 0 Å². The lowest BCUT2D eigenvalue weighted by Gasteiger charge is -2.27. The van der Waals surface area contributed by atoms with Crippen LogP contribution < -0.4 is 15.0 Å². The molecule has 2 aliphatic heterocycles. The van der Waals surface area contributed by atoms with Gasteiger partial charge in [-0.05, 0) is 30.7 Å². The first-order valence-electron chi connectivity index (χ1n) is 8.79. The lowest BCUT2D eigenvalue weighted by Crippen LogP contribution is -2.30. The second-order valence-electron chi connectivity index (χ2n) is 6.97. The predicted molar refractivity (Wildman–Crippen MR) is 114 cm³/mol. The molecular weight excluding hydrogens is 385 g/mol. The van der Waals surface area contributed by atoms with Crippen LogP contribution in [0.2, 0.25) is 0 Å². The Morgan fingerprint density at radius 2 is 1.74 bits per heavy atom. The van der Waals surface area contributed by atoms with Crippen LogP contribution in [0.15, 0.2) is 36.7 Å². The highest BCUT2D eigenvalue weighted by Crippen LogP contribution is 2.45. The summed E-state index contributed by atoms with van der Waals surface area (Å²) in [5.74, 6) is 3.99. The molecule has 1 N–H and O–H groups in total. The van der Waals surface area contributed by atoms with Gasteiger partial charge < -0.3 is 15.0 Å². The van der Waals surface area contributed by atoms with Crippen molar-refractivity contribution in [2.45, 2.75) is 6.04 Å². The number of anilines is 2. The number of methoxy groups -OCH3 is 1. The normalized spacial score (nSPS) is 24.0. The van der Waals surface area contributed by atoms with E-state index < -0.39 is 0 Å². The van der Waals surface area contributed by atoms with Crippen LogP contribution in [0.5, 0.6) is 5.75 Å². The largest absolute Gasteiger partial charge is 0.497 e. The Balaban J connectivity index is 0.00000131. The van der Waals surface area contributed by atoms with Gasteiger partial charge in [0.15, 0.2) is 11.6 Å². The average Bonchev–Trinajstić information content (AvgIpc) is 3.18. The molecule has 148 valence electrons. The summed E-state index contributed by atoms with van der Waals surface area (Å²) in [6, 6.07) is 8.96. The summed E-state index contributed by atoms with van der Waals surface area (Å²) in [7, 11) is 5.85. The third-order valence-corrected chi connectivity index (χ3v) is 5.57. The average molecular weight is 412 g/mol. The minimum absolute atomic E-state index is 0. The summed E-state index contributed by atoms with van der Waals surface area (Å²) in [6.07, 6.45) is 3.51. The Labute approximate surface area is 173 Å². The maximum absolute atomic E-state index is 5.30. The minimum atomic E-state index is 0. The maximum Gasteiger partial charge on any atom is 0.171 e. The summed E-state index contributed by atoms with van der Waals surface area (Å²) in [6.45, 7) is 3.17.